The van der Waals surface area contributed by atoms with Gasteiger partial charge in [0, 0.05) is 11.3 Å². The molecule has 0 fully saturated rings. The Morgan fingerprint density at radius 1 is 1.34 bits per heavy atom. The van der Waals surface area contributed by atoms with Gasteiger partial charge < -0.3 is 14.8 Å². The zero-order valence-electron chi connectivity index (χ0n) is 16.6. The van der Waals surface area contributed by atoms with Crippen molar-refractivity contribution in [3.05, 3.63) is 45.8 Å². The number of carbonyl (C=O) groups excluding carboxylic acids is 2. The number of ether oxygens (including phenoxy) is 2. The van der Waals surface area contributed by atoms with E-state index in [2.05, 4.69) is 18.3 Å². The first kappa shape index (κ1) is 20.9. The number of thiophene rings is 1. The summed E-state index contributed by atoms with van der Waals surface area (Å²) in [5.41, 5.74) is 2.51. The highest BCUT2D eigenvalue weighted by molar-refractivity contribution is 7.16. The first-order chi connectivity index (χ1) is 14.0. The van der Waals surface area contributed by atoms with Crippen LogP contribution in [0.5, 0.6) is 5.75 Å². The van der Waals surface area contributed by atoms with Crippen LogP contribution in [-0.4, -0.2) is 25.6 Å². The Hall–Kier alpha value is -2.85. The van der Waals surface area contributed by atoms with Crippen LogP contribution in [0.15, 0.2) is 24.3 Å². The summed E-state index contributed by atoms with van der Waals surface area (Å²) in [7, 11) is 1.58. The molecule has 152 valence electrons. The van der Waals surface area contributed by atoms with Gasteiger partial charge in [-0.1, -0.05) is 25.1 Å². The summed E-state index contributed by atoms with van der Waals surface area (Å²) in [5, 5.41) is 12.8. The molecule has 1 aliphatic carbocycles. The summed E-state index contributed by atoms with van der Waals surface area (Å²) in [6.45, 7) is 1.83. The predicted octanol–water partition coefficient (Wildman–Crippen LogP) is 3.87. The molecule has 3 rings (SSSR count). The fourth-order valence-electron chi connectivity index (χ4n) is 3.48. The molecule has 29 heavy (non-hydrogen) atoms. The number of methoxy groups -OCH3 is 1. The average molecular weight is 413 g/mol. The van der Waals surface area contributed by atoms with Crippen LogP contribution in [0.4, 0.5) is 5.00 Å². The molecule has 0 saturated carbocycles. The van der Waals surface area contributed by atoms with Crippen LogP contribution in [0.1, 0.15) is 41.3 Å². The molecule has 1 aromatic heterocycles. The second-order valence-electron chi connectivity index (χ2n) is 7.19. The number of amides is 1. The largest absolute Gasteiger partial charge is 0.496 e. The number of aryl methyl sites for hydroxylation is 1. The first-order valence-electron chi connectivity index (χ1n) is 9.63. The Balaban J connectivity index is 1.51. The van der Waals surface area contributed by atoms with Crippen molar-refractivity contribution in [3.8, 4) is 11.8 Å². The molecule has 0 radical (unpaired) electrons. The maximum Gasteiger partial charge on any atom is 0.306 e. The van der Waals surface area contributed by atoms with Crippen molar-refractivity contribution >= 4 is 28.2 Å². The Bertz CT molecular complexity index is 945. The lowest BCUT2D eigenvalue weighted by molar-refractivity contribution is -0.147. The van der Waals surface area contributed by atoms with E-state index in [1.807, 2.05) is 24.3 Å². The molecule has 7 heteroatoms. The number of para-hydroxylation sites is 1. The highest BCUT2D eigenvalue weighted by atomic mass is 32.1. The topological polar surface area (TPSA) is 88.4 Å². The number of nitriles is 1. The SMILES string of the molecule is COc1ccccc1CCC(=O)OCC(=O)Nc1sc2c(c1C#N)CCC(C)C2. The molecule has 0 aliphatic heterocycles. The van der Waals surface area contributed by atoms with E-state index in [1.54, 1.807) is 7.11 Å². The molecular weight excluding hydrogens is 388 g/mol. The molecule has 1 aliphatic rings. The summed E-state index contributed by atoms with van der Waals surface area (Å²) in [4.78, 5) is 25.4. The third-order valence-corrected chi connectivity index (χ3v) is 6.20. The van der Waals surface area contributed by atoms with Gasteiger partial charge in [0.05, 0.1) is 12.7 Å². The van der Waals surface area contributed by atoms with Crippen LogP contribution in [0.25, 0.3) is 0 Å². The second kappa shape index (κ2) is 9.57. The van der Waals surface area contributed by atoms with Gasteiger partial charge in [-0.15, -0.1) is 11.3 Å². The predicted molar refractivity (Wildman–Crippen MR) is 111 cm³/mol. The molecule has 0 bridgehead atoms. The van der Waals surface area contributed by atoms with E-state index < -0.39 is 11.9 Å². The van der Waals surface area contributed by atoms with E-state index in [-0.39, 0.29) is 13.0 Å². The first-order valence-corrected chi connectivity index (χ1v) is 10.5. The number of esters is 1. The zero-order chi connectivity index (χ0) is 20.8. The highest BCUT2D eigenvalue weighted by Crippen LogP contribution is 2.39. The van der Waals surface area contributed by atoms with Crippen molar-refractivity contribution in [1.29, 1.82) is 5.26 Å². The highest BCUT2D eigenvalue weighted by Gasteiger charge is 2.24. The average Bonchev–Trinajstić information content (AvgIpc) is 3.06. The molecular formula is C22H24N2O4S. The fourth-order valence-corrected chi connectivity index (χ4v) is 4.86. The van der Waals surface area contributed by atoms with E-state index in [9.17, 15) is 14.9 Å². The van der Waals surface area contributed by atoms with Crippen LogP contribution in [-0.2, 0) is 33.6 Å². The Labute approximate surface area is 174 Å². The van der Waals surface area contributed by atoms with Crippen molar-refractivity contribution < 1.29 is 19.1 Å². The van der Waals surface area contributed by atoms with Gasteiger partial charge in [0.1, 0.15) is 16.8 Å². The van der Waals surface area contributed by atoms with Gasteiger partial charge in [-0.05, 0) is 48.8 Å². The number of benzene rings is 1. The number of nitrogens with one attached hydrogen (secondary N) is 1. The molecule has 1 amide bonds. The summed E-state index contributed by atoms with van der Waals surface area (Å²) in [5.74, 6) is 0.420. The van der Waals surface area contributed by atoms with E-state index in [0.29, 0.717) is 22.9 Å². The number of hydrogen-bond acceptors (Lipinski definition) is 6. The third-order valence-electron chi connectivity index (χ3n) is 5.03. The summed E-state index contributed by atoms with van der Waals surface area (Å²) in [6.07, 6.45) is 3.48. The van der Waals surface area contributed by atoms with Crippen molar-refractivity contribution in [2.45, 2.75) is 39.0 Å². The number of nitrogens with zero attached hydrogens (tertiary/aromatic N) is 1. The second-order valence-corrected chi connectivity index (χ2v) is 8.29. The molecule has 1 N–H and O–H groups in total. The van der Waals surface area contributed by atoms with E-state index in [4.69, 9.17) is 9.47 Å². The van der Waals surface area contributed by atoms with Gasteiger partial charge in [0.25, 0.3) is 5.91 Å². The molecule has 1 aromatic carbocycles. The molecule has 2 aromatic rings. The van der Waals surface area contributed by atoms with Gasteiger partial charge in [-0.2, -0.15) is 5.26 Å². The molecule has 1 atom stereocenters. The van der Waals surface area contributed by atoms with Crippen molar-refractivity contribution in [2.24, 2.45) is 5.92 Å². The lowest BCUT2D eigenvalue weighted by atomic mass is 9.89. The number of fused-ring (bicyclic) bond motifs is 1. The normalized spacial score (nSPS) is 15.1. The molecule has 0 spiro atoms. The minimum Gasteiger partial charge on any atom is -0.496 e. The standard InChI is InChI=1S/C22H24N2O4S/c1-14-7-9-16-17(12-23)22(29-19(16)11-14)24-20(25)13-28-21(26)10-8-15-5-3-4-6-18(15)27-2/h3-6,14H,7-11,13H2,1-2H3,(H,24,25). The maximum atomic E-state index is 12.2. The van der Waals surface area contributed by atoms with Gasteiger partial charge in [0.15, 0.2) is 6.61 Å². The lowest BCUT2D eigenvalue weighted by Crippen LogP contribution is -2.21. The van der Waals surface area contributed by atoms with Crippen LogP contribution >= 0.6 is 11.3 Å². The van der Waals surface area contributed by atoms with E-state index >= 15 is 0 Å². The fraction of sp³-hybridized carbons (Fsp3) is 0.409. The van der Waals surface area contributed by atoms with E-state index in [0.717, 1.165) is 36.1 Å². The van der Waals surface area contributed by atoms with Crippen molar-refractivity contribution in [1.82, 2.24) is 0 Å². The quantitative estimate of drug-likeness (QED) is 0.698. The lowest BCUT2D eigenvalue weighted by Gasteiger charge is -2.17. The number of carbonyl (C=O) groups is 2. The van der Waals surface area contributed by atoms with Crippen LogP contribution in [0.2, 0.25) is 0 Å². The Kier molecular flexibility index (Phi) is 6.89. The van der Waals surface area contributed by atoms with Gasteiger partial charge in [-0.25, -0.2) is 0 Å². The van der Waals surface area contributed by atoms with Crippen molar-refractivity contribution in [3.63, 3.8) is 0 Å². The summed E-state index contributed by atoms with van der Waals surface area (Å²) < 4.78 is 10.4. The van der Waals surface area contributed by atoms with Crippen LogP contribution in [0.3, 0.4) is 0 Å². The number of anilines is 1. The summed E-state index contributed by atoms with van der Waals surface area (Å²) in [6, 6.07) is 9.68. The molecule has 1 heterocycles. The monoisotopic (exact) mass is 412 g/mol. The minimum atomic E-state index is -0.453. The maximum absolute atomic E-state index is 12.2. The number of rotatable bonds is 7. The van der Waals surface area contributed by atoms with E-state index in [1.165, 1.54) is 16.2 Å². The van der Waals surface area contributed by atoms with Crippen molar-refractivity contribution in [2.75, 3.05) is 19.0 Å². The molecule has 6 nitrogen and oxygen atoms in total. The Morgan fingerprint density at radius 2 is 2.14 bits per heavy atom. The van der Waals surface area contributed by atoms with Crippen LogP contribution in [0, 0.1) is 17.2 Å². The Morgan fingerprint density at radius 3 is 2.90 bits per heavy atom. The summed E-state index contributed by atoms with van der Waals surface area (Å²) >= 11 is 1.46. The van der Waals surface area contributed by atoms with Crippen LogP contribution < -0.4 is 10.1 Å². The van der Waals surface area contributed by atoms with Gasteiger partial charge in [0.2, 0.25) is 0 Å². The smallest absolute Gasteiger partial charge is 0.306 e. The van der Waals surface area contributed by atoms with Gasteiger partial charge >= 0.3 is 5.97 Å². The van der Waals surface area contributed by atoms with Gasteiger partial charge in [-0.3, -0.25) is 9.59 Å². The molecule has 1 unspecified atom stereocenters. The molecule has 0 saturated heterocycles. The zero-order valence-corrected chi connectivity index (χ0v) is 17.4. The third kappa shape index (κ3) is 5.15. The minimum absolute atomic E-state index is 0.155. The number of hydrogen-bond donors (Lipinski definition) is 1.